The fourth-order valence-electron chi connectivity index (χ4n) is 2.13. The van der Waals surface area contributed by atoms with E-state index < -0.39 is 29.0 Å². The first kappa shape index (κ1) is 16.5. The molecule has 3 nitrogen and oxygen atoms in total. The summed E-state index contributed by atoms with van der Waals surface area (Å²) in [5.74, 6) is -1.31. The molecule has 0 aliphatic carbocycles. The molecule has 0 bridgehead atoms. The predicted molar refractivity (Wildman–Crippen MR) is 74.9 cm³/mol. The second-order valence-electron chi connectivity index (χ2n) is 4.64. The van der Waals surface area contributed by atoms with Crippen LogP contribution in [0.1, 0.15) is 21.5 Å². The molecule has 1 N–H and O–H groups in total. The van der Waals surface area contributed by atoms with Gasteiger partial charge in [0.25, 0.3) is 5.91 Å². The topological polar surface area (TPSA) is 52.9 Å². The number of amides is 1. The molecule has 0 saturated carbocycles. The largest absolute Gasteiger partial charge is 0.417 e. The number of benzene rings is 2. The van der Waals surface area contributed by atoms with E-state index in [-0.39, 0.29) is 16.7 Å². The zero-order valence-electron chi connectivity index (χ0n) is 11.8. The zero-order valence-corrected chi connectivity index (χ0v) is 11.8. The molecular formula is C16H10F4N2O. The minimum absolute atomic E-state index is 0.0647. The average Bonchev–Trinajstić information content (AvgIpc) is 2.52. The lowest BCUT2D eigenvalue weighted by molar-refractivity contribution is -0.137. The molecule has 2 rings (SSSR count). The highest BCUT2D eigenvalue weighted by Crippen LogP contribution is 2.35. The minimum atomic E-state index is -4.71. The number of hydrogen-bond acceptors (Lipinski definition) is 2. The maximum absolute atomic E-state index is 13.3. The number of nitriles is 1. The van der Waals surface area contributed by atoms with Crippen molar-refractivity contribution < 1.29 is 22.4 Å². The van der Waals surface area contributed by atoms with E-state index in [9.17, 15) is 22.4 Å². The third-order valence-corrected chi connectivity index (χ3v) is 3.21. The van der Waals surface area contributed by atoms with Gasteiger partial charge in [-0.05, 0) is 35.4 Å². The van der Waals surface area contributed by atoms with Crippen molar-refractivity contribution >= 4 is 5.91 Å². The van der Waals surface area contributed by atoms with Crippen LogP contribution in [0.4, 0.5) is 17.6 Å². The van der Waals surface area contributed by atoms with E-state index in [0.717, 1.165) is 24.3 Å². The van der Waals surface area contributed by atoms with Gasteiger partial charge in [0.2, 0.25) is 0 Å². The number of alkyl halides is 3. The van der Waals surface area contributed by atoms with Crippen LogP contribution in [-0.4, -0.2) is 13.0 Å². The van der Waals surface area contributed by atoms with E-state index in [1.807, 2.05) is 0 Å². The van der Waals surface area contributed by atoms with Crippen LogP contribution in [0.3, 0.4) is 0 Å². The Hall–Kier alpha value is -2.88. The molecule has 0 saturated heterocycles. The van der Waals surface area contributed by atoms with Gasteiger partial charge in [0.15, 0.2) is 0 Å². The van der Waals surface area contributed by atoms with Crippen LogP contribution in [-0.2, 0) is 6.18 Å². The molecule has 2 aromatic carbocycles. The maximum atomic E-state index is 13.3. The number of nitrogens with one attached hydrogen (secondary N) is 1. The van der Waals surface area contributed by atoms with Crippen molar-refractivity contribution in [3.63, 3.8) is 0 Å². The fourth-order valence-corrected chi connectivity index (χ4v) is 2.13. The molecule has 0 unspecified atom stereocenters. The Bertz CT molecular complexity index is 807. The standard InChI is InChI=1S/C16H10F4N2O/c1-22-15(23)13-7-11(17)4-5-12(13)9-2-3-10(8-21)14(6-9)16(18,19)20/h2-7H,1H3,(H,22,23). The minimum Gasteiger partial charge on any atom is -0.355 e. The van der Waals surface area contributed by atoms with Crippen LogP contribution in [0.2, 0.25) is 0 Å². The molecule has 2 aromatic rings. The first-order valence-electron chi connectivity index (χ1n) is 6.41. The number of nitrogens with zero attached hydrogens (tertiary/aromatic N) is 1. The lowest BCUT2D eigenvalue weighted by Gasteiger charge is -2.13. The normalized spacial score (nSPS) is 11.0. The summed E-state index contributed by atoms with van der Waals surface area (Å²) in [4.78, 5) is 11.8. The molecule has 1 amide bonds. The number of hydrogen-bond donors (Lipinski definition) is 1. The molecule has 0 fully saturated rings. The van der Waals surface area contributed by atoms with Crippen LogP contribution < -0.4 is 5.32 Å². The Morgan fingerprint density at radius 3 is 2.43 bits per heavy atom. The van der Waals surface area contributed by atoms with E-state index in [1.54, 1.807) is 0 Å². The molecule has 0 aliphatic rings. The summed E-state index contributed by atoms with van der Waals surface area (Å²) >= 11 is 0. The van der Waals surface area contributed by atoms with Crippen LogP contribution in [0, 0.1) is 17.1 Å². The highest BCUT2D eigenvalue weighted by molar-refractivity contribution is 6.00. The Morgan fingerprint density at radius 1 is 1.17 bits per heavy atom. The first-order chi connectivity index (χ1) is 10.8. The van der Waals surface area contributed by atoms with Gasteiger partial charge < -0.3 is 5.32 Å². The number of carbonyl (C=O) groups is 1. The van der Waals surface area contributed by atoms with E-state index >= 15 is 0 Å². The first-order valence-corrected chi connectivity index (χ1v) is 6.41. The predicted octanol–water partition coefficient (Wildman–Crippen LogP) is 3.74. The number of carbonyl (C=O) groups excluding carboxylic acids is 1. The van der Waals surface area contributed by atoms with Gasteiger partial charge in [-0.2, -0.15) is 18.4 Å². The van der Waals surface area contributed by atoms with Crippen molar-refractivity contribution in [3.05, 3.63) is 58.9 Å². The van der Waals surface area contributed by atoms with Crippen molar-refractivity contribution in [2.45, 2.75) is 6.18 Å². The van der Waals surface area contributed by atoms with Crippen LogP contribution in [0.25, 0.3) is 11.1 Å². The van der Waals surface area contributed by atoms with E-state index in [0.29, 0.717) is 0 Å². The Kier molecular flexibility index (Phi) is 4.36. The second-order valence-corrected chi connectivity index (χ2v) is 4.64. The van der Waals surface area contributed by atoms with Crippen molar-refractivity contribution in [2.75, 3.05) is 7.05 Å². The fraction of sp³-hybridized carbons (Fsp3) is 0.125. The lowest BCUT2D eigenvalue weighted by Crippen LogP contribution is -2.19. The van der Waals surface area contributed by atoms with E-state index in [1.165, 1.54) is 25.2 Å². The summed E-state index contributed by atoms with van der Waals surface area (Å²) in [6.45, 7) is 0. The molecule has 0 atom stereocenters. The molecule has 118 valence electrons. The lowest BCUT2D eigenvalue weighted by atomic mass is 9.95. The molecule has 0 aliphatic heterocycles. The van der Waals surface area contributed by atoms with Gasteiger partial charge >= 0.3 is 6.18 Å². The molecule has 0 aromatic heterocycles. The van der Waals surface area contributed by atoms with Gasteiger partial charge in [-0.1, -0.05) is 12.1 Å². The summed E-state index contributed by atoms with van der Waals surface area (Å²) in [5.41, 5.74) is -1.52. The van der Waals surface area contributed by atoms with Crippen molar-refractivity contribution in [1.82, 2.24) is 5.32 Å². The monoisotopic (exact) mass is 322 g/mol. The van der Waals surface area contributed by atoms with Gasteiger partial charge in [-0.25, -0.2) is 4.39 Å². The smallest absolute Gasteiger partial charge is 0.355 e. The number of halogens is 4. The summed E-state index contributed by atoms with van der Waals surface area (Å²) in [6, 6.07) is 7.78. The van der Waals surface area contributed by atoms with E-state index in [2.05, 4.69) is 5.32 Å². The molecule has 0 heterocycles. The van der Waals surface area contributed by atoms with Crippen molar-refractivity contribution in [2.24, 2.45) is 0 Å². The van der Waals surface area contributed by atoms with E-state index in [4.69, 9.17) is 5.26 Å². The Morgan fingerprint density at radius 2 is 1.87 bits per heavy atom. The van der Waals surface area contributed by atoms with Crippen molar-refractivity contribution in [1.29, 1.82) is 5.26 Å². The highest BCUT2D eigenvalue weighted by atomic mass is 19.4. The third kappa shape index (κ3) is 3.31. The summed E-state index contributed by atoms with van der Waals surface area (Å²) < 4.78 is 52.4. The van der Waals surface area contributed by atoms with Gasteiger partial charge in [-0.3, -0.25) is 4.79 Å². The third-order valence-electron chi connectivity index (χ3n) is 3.21. The summed E-state index contributed by atoms with van der Waals surface area (Å²) in [6.07, 6.45) is -4.71. The average molecular weight is 322 g/mol. The summed E-state index contributed by atoms with van der Waals surface area (Å²) in [5, 5.41) is 11.1. The van der Waals surface area contributed by atoms with Crippen LogP contribution in [0.15, 0.2) is 36.4 Å². The Balaban J connectivity index is 2.69. The van der Waals surface area contributed by atoms with Crippen molar-refractivity contribution in [3.8, 4) is 17.2 Å². The van der Waals surface area contributed by atoms with Crippen LogP contribution >= 0.6 is 0 Å². The molecular weight excluding hydrogens is 312 g/mol. The van der Waals surface area contributed by atoms with Gasteiger partial charge in [0.05, 0.1) is 22.8 Å². The SMILES string of the molecule is CNC(=O)c1cc(F)ccc1-c1ccc(C#N)c(C(F)(F)F)c1. The zero-order chi connectivity index (χ0) is 17.2. The van der Waals surface area contributed by atoms with Gasteiger partial charge in [0, 0.05) is 7.05 Å². The van der Waals surface area contributed by atoms with Crippen LogP contribution in [0.5, 0.6) is 0 Å². The quantitative estimate of drug-likeness (QED) is 0.856. The van der Waals surface area contributed by atoms with Gasteiger partial charge in [-0.15, -0.1) is 0 Å². The Labute approximate surface area is 129 Å². The molecule has 0 radical (unpaired) electrons. The maximum Gasteiger partial charge on any atom is 0.417 e. The second kappa shape index (κ2) is 6.08. The molecule has 23 heavy (non-hydrogen) atoms. The summed E-state index contributed by atoms with van der Waals surface area (Å²) in [7, 11) is 1.33. The molecule has 7 heteroatoms. The number of rotatable bonds is 2. The molecule has 0 spiro atoms. The van der Waals surface area contributed by atoms with Gasteiger partial charge in [0.1, 0.15) is 5.82 Å². The highest BCUT2D eigenvalue weighted by Gasteiger charge is 2.34.